The van der Waals surface area contributed by atoms with Gasteiger partial charge in [0, 0.05) is 24.4 Å². The second kappa shape index (κ2) is 5.72. The molecule has 4 nitrogen and oxygen atoms in total. The van der Waals surface area contributed by atoms with Crippen molar-refractivity contribution in [1.82, 2.24) is 15.1 Å². The second-order valence-electron chi connectivity index (χ2n) is 5.76. The lowest BCUT2D eigenvalue weighted by Crippen LogP contribution is -1.98. The predicted octanol–water partition coefficient (Wildman–Crippen LogP) is 3.96. The fourth-order valence-corrected chi connectivity index (χ4v) is 2.80. The van der Waals surface area contributed by atoms with E-state index in [1.165, 1.54) is 22.3 Å². The van der Waals surface area contributed by atoms with Crippen molar-refractivity contribution in [3.63, 3.8) is 0 Å². The highest BCUT2D eigenvalue weighted by Crippen LogP contribution is 2.23. The van der Waals surface area contributed by atoms with Crippen LogP contribution in [0.15, 0.2) is 35.1 Å². The van der Waals surface area contributed by atoms with Crippen LogP contribution >= 0.6 is 0 Å². The summed E-state index contributed by atoms with van der Waals surface area (Å²) in [5, 5.41) is 4.13. The molecule has 0 atom stereocenters. The second-order valence-corrected chi connectivity index (χ2v) is 5.76. The van der Waals surface area contributed by atoms with E-state index < -0.39 is 0 Å². The molecule has 1 aromatic carbocycles. The first-order valence-electron chi connectivity index (χ1n) is 7.35. The van der Waals surface area contributed by atoms with Gasteiger partial charge in [0.05, 0.1) is 0 Å². The van der Waals surface area contributed by atoms with Crippen LogP contribution in [-0.4, -0.2) is 15.1 Å². The molecule has 22 heavy (non-hydrogen) atoms. The molecule has 0 aliphatic rings. The van der Waals surface area contributed by atoms with Gasteiger partial charge in [0.25, 0.3) is 5.89 Å². The highest BCUT2D eigenvalue weighted by Gasteiger charge is 2.13. The lowest BCUT2D eigenvalue weighted by Gasteiger charge is -2.09. The summed E-state index contributed by atoms with van der Waals surface area (Å²) in [7, 11) is 0. The van der Waals surface area contributed by atoms with E-state index in [4.69, 9.17) is 4.52 Å². The summed E-state index contributed by atoms with van der Waals surface area (Å²) in [5.74, 6) is 1.26. The molecular formula is C18H19N3O. The Labute approximate surface area is 130 Å². The van der Waals surface area contributed by atoms with E-state index in [1.807, 2.05) is 13.0 Å². The number of rotatable bonds is 3. The molecule has 0 unspecified atom stereocenters. The Bertz CT molecular complexity index is 798. The molecule has 0 radical (unpaired) electrons. The number of hydrogen-bond acceptors (Lipinski definition) is 4. The van der Waals surface area contributed by atoms with Crippen molar-refractivity contribution >= 4 is 0 Å². The minimum Gasteiger partial charge on any atom is -0.334 e. The van der Waals surface area contributed by atoms with Crippen molar-refractivity contribution in [3.05, 3.63) is 64.2 Å². The Morgan fingerprint density at radius 2 is 1.73 bits per heavy atom. The summed E-state index contributed by atoms with van der Waals surface area (Å²) >= 11 is 0. The highest BCUT2D eigenvalue weighted by molar-refractivity contribution is 5.56. The van der Waals surface area contributed by atoms with Gasteiger partial charge in [-0.2, -0.15) is 4.98 Å². The molecule has 0 N–H and O–H groups in total. The molecule has 112 valence electrons. The fraction of sp³-hybridized carbons (Fsp3) is 0.278. The van der Waals surface area contributed by atoms with Gasteiger partial charge in [-0.15, -0.1) is 0 Å². The Morgan fingerprint density at radius 1 is 1.00 bits per heavy atom. The van der Waals surface area contributed by atoms with E-state index in [2.05, 4.69) is 48.0 Å². The minimum absolute atomic E-state index is 0.553. The van der Waals surface area contributed by atoms with Gasteiger partial charge in [0.15, 0.2) is 5.82 Å². The summed E-state index contributed by atoms with van der Waals surface area (Å²) in [6.07, 6.45) is 4.22. The van der Waals surface area contributed by atoms with Crippen LogP contribution in [0.3, 0.4) is 0 Å². The van der Waals surface area contributed by atoms with Crippen molar-refractivity contribution in [3.8, 4) is 11.5 Å². The van der Waals surface area contributed by atoms with E-state index >= 15 is 0 Å². The molecule has 2 heterocycles. The molecular weight excluding hydrogens is 274 g/mol. The monoisotopic (exact) mass is 293 g/mol. The van der Waals surface area contributed by atoms with E-state index in [1.54, 1.807) is 12.4 Å². The third-order valence-electron chi connectivity index (χ3n) is 3.89. The average Bonchev–Trinajstić information content (AvgIpc) is 2.92. The summed E-state index contributed by atoms with van der Waals surface area (Å²) in [5.41, 5.74) is 7.05. The standard InChI is InChI=1S/C18H19N3O/c1-11-7-12(2)16(13(3)8-11)9-17-20-18(22-21-17)15-5-6-19-10-14(15)4/h5-8,10H,9H2,1-4H3. The van der Waals surface area contributed by atoms with Crippen LogP contribution in [-0.2, 0) is 6.42 Å². The minimum atomic E-state index is 0.553. The molecule has 0 fully saturated rings. The van der Waals surface area contributed by atoms with Crippen LogP contribution < -0.4 is 0 Å². The highest BCUT2D eigenvalue weighted by atomic mass is 16.5. The maximum absolute atomic E-state index is 5.42. The third-order valence-corrected chi connectivity index (χ3v) is 3.89. The Balaban J connectivity index is 1.91. The summed E-state index contributed by atoms with van der Waals surface area (Å²) < 4.78 is 5.42. The molecule has 0 amide bonds. The van der Waals surface area contributed by atoms with Gasteiger partial charge in [-0.1, -0.05) is 22.9 Å². The van der Waals surface area contributed by atoms with Crippen molar-refractivity contribution in [2.24, 2.45) is 0 Å². The number of aryl methyl sites for hydroxylation is 4. The normalized spacial score (nSPS) is 10.9. The van der Waals surface area contributed by atoms with Crippen LogP contribution in [0.25, 0.3) is 11.5 Å². The van der Waals surface area contributed by atoms with Crippen molar-refractivity contribution in [1.29, 1.82) is 0 Å². The van der Waals surface area contributed by atoms with Gasteiger partial charge in [-0.25, -0.2) is 0 Å². The van der Waals surface area contributed by atoms with E-state index in [0.717, 1.165) is 11.1 Å². The van der Waals surface area contributed by atoms with Gasteiger partial charge < -0.3 is 4.52 Å². The zero-order valence-corrected chi connectivity index (χ0v) is 13.3. The van der Waals surface area contributed by atoms with Crippen LogP contribution in [0.1, 0.15) is 33.6 Å². The molecule has 0 spiro atoms. The molecule has 3 aromatic rings. The Hall–Kier alpha value is -2.49. The first-order valence-corrected chi connectivity index (χ1v) is 7.35. The van der Waals surface area contributed by atoms with Crippen LogP contribution in [0, 0.1) is 27.7 Å². The molecule has 0 saturated carbocycles. The molecule has 3 rings (SSSR count). The van der Waals surface area contributed by atoms with Crippen LogP contribution in [0.5, 0.6) is 0 Å². The Kier molecular flexibility index (Phi) is 3.75. The summed E-state index contributed by atoms with van der Waals surface area (Å²) in [6, 6.07) is 6.28. The number of pyridine rings is 1. The van der Waals surface area contributed by atoms with Crippen LogP contribution in [0.4, 0.5) is 0 Å². The zero-order valence-electron chi connectivity index (χ0n) is 13.3. The lowest BCUT2D eigenvalue weighted by atomic mass is 9.97. The van der Waals surface area contributed by atoms with Gasteiger partial charge in [-0.3, -0.25) is 4.98 Å². The summed E-state index contributed by atoms with van der Waals surface area (Å²) in [6.45, 7) is 8.36. The van der Waals surface area contributed by atoms with E-state index in [0.29, 0.717) is 18.1 Å². The van der Waals surface area contributed by atoms with Crippen molar-refractivity contribution in [2.75, 3.05) is 0 Å². The topological polar surface area (TPSA) is 51.8 Å². The molecule has 0 bridgehead atoms. The van der Waals surface area contributed by atoms with Crippen molar-refractivity contribution in [2.45, 2.75) is 34.1 Å². The Morgan fingerprint density at radius 3 is 2.41 bits per heavy atom. The fourth-order valence-electron chi connectivity index (χ4n) is 2.80. The van der Waals surface area contributed by atoms with Crippen LogP contribution in [0.2, 0.25) is 0 Å². The quantitative estimate of drug-likeness (QED) is 0.733. The molecule has 2 aromatic heterocycles. The smallest absolute Gasteiger partial charge is 0.258 e. The van der Waals surface area contributed by atoms with Gasteiger partial charge in [0.1, 0.15) is 0 Å². The number of benzene rings is 1. The lowest BCUT2D eigenvalue weighted by molar-refractivity contribution is 0.423. The van der Waals surface area contributed by atoms with E-state index in [-0.39, 0.29) is 0 Å². The predicted molar refractivity (Wildman–Crippen MR) is 85.7 cm³/mol. The average molecular weight is 293 g/mol. The summed E-state index contributed by atoms with van der Waals surface area (Å²) in [4.78, 5) is 8.62. The van der Waals surface area contributed by atoms with Gasteiger partial charge in [-0.05, 0) is 56.0 Å². The number of nitrogens with zero attached hydrogens (tertiary/aromatic N) is 3. The first-order chi connectivity index (χ1) is 10.5. The van der Waals surface area contributed by atoms with Crippen molar-refractivity contribution < 1.29 is 4.52 Å². The SMILES string of the molecule is Cc1cc(C)c(Cc2noc(-c3ccncc3C)n2)c(C)c1. The molecule has 0 aliphatic heterocycles. The maximum Gasteiger partial charge on any atom is 0.258 e. The zero-order chi connectivity index (χ0) is 15.7. The number of aromatic nitrogens is 3. The molecule has 0 aliphatic carbocycles. The van der Waals surface area contributed by atoms with Gasteiger partial charge in [0.2, 0.25) is 0 Å². The van der Waals surface area contributed by atoms with E-state index in [9.17, 15) is 0 Å². The molecule has 4 heteroatoms. The third kappa shape index (κ3) is 2.77. The maximum atomic E-state index is 5.42. The van der Waals surface area contributed by atoms with Gasteiger partial charge >= 0.3 is 0 Å². The largest absolute Gasteiger partial charge is 0.334 e. The number of hydrogen-bond donors (Lipinski definition) is 0. The molecule has 0 saturated heterocycles. The first kappa shape index (κ1) is 14.4.